The number of aryl methyl sites for hydroxylation is 1. The number of nitrogens with two attached hydrogens (primary N) is 1. The van der Waals surface area contributed by atoms with E-state index in [0.717, 1.165) is 0 Å². The number of nitrogens with zero attached hydrogens (tertiary/aromatic N) is 1. The van der Waals surface area contributed by atoms with Gasteiger partial charge in [0.05, 0.1) is 29.1 Å². The summed E-state index contributed by atoms with van der Waals surface area (Å²) in [5, 5.41) is 4.29. The summed E-state index contributed by atoms with van der Waals surface area (Å²) >= 11 is 1.72. The number of carbonyl (C=O) groups excluding carboxylic acids is 2. The van der Waals surface area contributed by atoms with Gasteiger partial charge in [-0.15, -0.1) is 11.3 Å². The molecule has 1 aromatic heterocycles. The molecule has 3 aromatic rings. The number of rotatable bonds is 6. The van der Waals surface area contributed by atoms with E-state index in [4.69, 9.17) is 0 Å². The third kappa shape index (κ3) is 3.44. The number of benzene rings is 2. The predicted octanol–water partition coefficient (Wildman–Crippen LogP) is 3.01. The smallest absolute Gasteiger partial charge is 0.261 e. The molecule has 0 aliphatic carbocycles. The zero-order valence-corrected chi connectivity index (χ0v) is 15.9. The molecule has 0 radical (unpaired) electrons. The zero-order chi connectivity index (χ0) is 18.8. The molecule has 0 spiro atoms. The molecule has 0 saturated heterocycles. The molecule has 4 rings (SSSR count). The molecule has 27 heavy (non-hydrogen) atoms. The topological polar surface area (TPSA) is 54.0 Å². The second kappa shape index (κ2) is 7.47. The van der Waals surface area contributed by atoms with E-state index in [-0.39, 0.29) is 17.9 Å². The number of carbonyl (C=O) groups is 2. The second-order valence-electron chi connectivity index (χ2n) is 6.74. The lowest BCUT2D eigenvalue weighted by atomic mass is 10.0. The Morgan fingerprint density at radius 2 is 1.59 bits per heavy atom. The van der Waals surface area contributed by atoms with E-state index in [9.17, 15) is 9.59 Å². The quantitative estimate of drug-likeness (QED) is 0.672. The number of thiophene rings is 1. The third-order valence-corrected chi connectivity index (χ3v) is 5.87. The van der Waals surface area contributed by atoms with E-state index < -0.39 is 0 Å². The first-order valence-corrected chi connectivity index (χ1v) is 9.91. The summed E-state index contributed by atoms with van der Waals surface area (Å²) < 4.78 is 0. The third-order valence-electron chi connectivity index (χ3n) is 4.92. The first-order valence-electron chi connectivity index (χ1n) is 9.03. The summed E-state index contributed by atoms with van der Waals surface area (Å²) in [6, 6.07) is 19.9. The highest BCUT2D eigenvalue weighted by molar-refractivity contribution is 7.10. The van der Waals surface area contributed by atoms with Gasteiger partial charge in [0.1, 0.15) is 6.04 Å². The van der Waals surface area contributed by atoms with Crippen LogP contribution in [0.25, 0.3) is 0 Å². The van der Waals surface area contributed by atoms with Gasteiger partial charge < -0.3 is 5.32 Å². The number of quaternary nitrogens is 1. The lowest BCUT2D eigenvalue weighted by Crippen LogP contribution is -2.86. The summed E-state index contributed by atoms with van der Waals surface area (Å²) in [7, 11) is 0. The van der Waals surface area contributed by atoms with E-state index in [1.54, 1.807) is 35.6 Å². The molecule has 0 unspecified atom stereocenters. The molecule has 2 amide bonds. The minimum Gasteiger partial charge on any atom is -0.334 e. The highest BCUT2D eigenvalue weighted by Gasteiger charge is 2.35. The standard InChI is InChI=1S/C22H20N2O2S/c1-15-8-10-16(11-9-15)20(19-7-4-14-27-19)23-12-13-24-21(25)17-5-2-3-6-18(17)22(24)26/h2-11,14,20,23H,12-13H2,1H3/p+1/t20-/m1/s1. The second-order valence-corrected chi connectivity index (χ2v) is 7.71. The average molecular weight is 377 g/mol. The largest absolute Gasteiger partial charge is 0.334 e. The fourth-order valence-electron chi connectivity index (χ4n) is 3.47. The Morgan fingerprint density at radius 3 is 2.19 bits per heavy atom. The number of fused-ring (bicyclic) bond motifs is 1. The highest BCUT2D eigenvalue weighted by atomic mass is 32.1. The number of hydrogen-bond donors (Lipinski definition) is 1. The molecular formula is C22H21N2O2S+. The van der Waals surface area contributed by atoms with Gasteiger partial charge in [0, 0.05) is 5.56 Å². The fraction of sp³-hybridized carbons (Fsp3) is 0.182. The maximum absolute atomic E-state index is 12.5. The SMILES string of the molecule is Cc1ccc([C@@H]([NH2+]CCN2C(=O)c3ccccc3C2=O)c2cccs2)cc1. The summed E-state index contributed by atoms with van der Waals surface area (Å²) in [4.78, 5) is 27.7. The van der Waals surface area contributed by atoms with Gasteiger partial charge in [-0.2, -0.15) is 0 Å². The van der Waals surface area contributed by atoms with E-state index in [0.29, 0.717) is 24.2 Å². The molecule has 2 N–H and O–H groups in total. The van der Waals surface area contributed by atoms with Crippen molar-refractivity contribution in [3.05, 3.63) is 93.2 Å². The maximum atomic E-state index is 12.5. The molecular weight excluding hydrogens is 356 g/mol. The van der Waals surface area contributed by atoms with Crippen LogP contribution in [0.3, 0.4) is 0 Å². The number of hydrogen-bond acceptors (Lipinski definition) is 3. The van der Waals surface area contributed by atoms with Crippen molar-refractivity contribution < 1.29 is 14.9 Å². The van der Waals surface area contributed by atoms with Crippen LogP contribution in [0, 0.1) is 6.92 Å². The Morgan fingerprint density at radius 1 is 0.926 bits per heavy atom. The molecule has 1 atom stereocenters. The van der Waals surface area contributed by atoms with Gasteiger partial charge in [-0.1, -0.05) is 48.0 Å². The van der Waals surface area contributed by atoms with Gasteiger partial charge >= 0.3 is 0 Å². The molecule has 1 aliphatic heterocycles. The van der Waals surface area contributed by atoms with Crippen molar-refractivity contribution in [1.82, 2.24) is 4.90 Å². The fourth-order valence-corrected chi connectivity index (χ4v) is 4.32. The first kappa shape index (κ1) is 17.6. The van der Waals surface area contributed by atoms with Crippen molar-refractivity contribution in [3.8, 4) is 0 Å². The van der Waals surface area contributed by atoms with Crippen LogP contribution in [-0.4, -0.2) is 29.8 Å². The van der Waals surface area contributed by atoms with Gasteiger partial charge in [-0.05, 0) is 30.5 Å². The highest BCUT2D eigenvalue weighted by Crippen LogP contribution is 2.24. The van der Waals surface area contributed by atoms with Gasteiger partial charge in [0.25, 0.3) is 11.8 Å². The van der Waals surface area contributed by atoms with E-state index in [1.165, 1.54) is 20.9 Å². The molecule has 0 fully saturated rings. The first-order chi connectivity index (χ1) is 13.1. The van der Waals surface area contributed by atoms with Crippen LogP contribution in [0.2, 0.25) is 0 Å². The molecule has 5 heteroatoms. The predicted molar refractivity (Wildman–Crippen MR) is 106 cm³/mol. The Labute approximate surface area is 162 Å². The molecule has 4 nitrogen and oxygen atoms in total. The Balaban J connectivity index is 1.47. The molecule has 0 saturated carbocycles. The summed E-state index contributed by atoms with van der Waals surface area (Å²) in [6.07, 6.45) is 0. The van der Waals surface area contributed by atoms with E-state index >= 15 is 0 Å². The van der Waals surface area contributed by atoms with Crippen LogP contribution in [-0.2, 0) is 0 Å². The van der Waals surface area contributed by atoms with Crippen molar-refractivity contribution in [3.63, 3.8) is 0 Å². The van der Waals surface area contributed by atoms with Gasteiger partial charge in [-0.25, -0.2) is 0 Å². The van der Waals surface area contributed by atoms with Crippen molar-refractivity contribution in [2.45, 2.75) is 13.0 Å². The molecule has 1 aliphatic rings. The molecule has 0 bridgehead atoms. The molecule has 2 heterocycles. The Hall–Kier alpha value is -2.76. The van der Waals surface area contributed by atoms with Crippen molar-refractivity contribution >= 4 is 23.2 Å². The van der Waals surface area contributed by atoms with Crippen LogP contribution >= 0.6 is 11.3 Å². The van der Waals surface area contributed by atoms with Crippen molar-refractivity contribution in [2.24, 2.45) is 0 Å². The van der Waals surface area contributed by atoms with Crippen molar-refractivity contribution in [2.75, 3.05) is 13.1 Å². The van der Waals surface area contributed by atoms with Crippen molar-refractivity contribution in [1.29, 1.82) is 0 Å². The normalized spacial score (nSPS) is 14.5. The minimum atomic E-state index is -0.188. The Bertz CT molecular complexity index is 929. The van der Waals surface area contributed by atoms with Gasteiger partial charge in [0.15, 0.2) is 0 Å². The lowest BCUT2D eigenvalue weighted by molar-refractivity contribution is -0.685. The summed E-state index contributed by atoms with van der Waals surface area (Å²) in [5.41, 5.74) is 3.48. The average Bonchev–Trinajstić information content (AvgIpc) is 3.29. The van der Waals surface area contributed by atoms with Gasteiger partial charge in [0.2, 0.25) is 0 Å². The summed E-state index contributed by atoms with van der Waals surface area (Å²) in [5.74, 6) is -0.376. The van der Waals surface area contributed by atoms with E-state index in [1.807, 2.05) is 0 Å². The lowest BCUT2D eigenvalue weighted by Gasteiger charge is -2.18. The van der Waals surface area contributed by atoms with Gasteiger partial charge in [-0.3, -0.25) is 14.5 Å². The van der Waals surface area contributed by atoms with Crippen LogP contribution in [0.1, 0.15) is 42.8 Å². The molecule has 2 aromatic carbocycles. The summed E-state index contributed by atoms with van der Waals surface area (Å²) in [6.45, 7) is 3.14. The van der Waals surface area contributed by atoms with Crippen LogP contribution < -0.4 is 5.32 Å². The number of amides is 2. The zero-order valence-electron chi connectivity index (χ0n) is 15.1. The Kier molecular flexibility index (Phi) is 4.88. The molecule has 136 valence electrons. The number of imide groups is 1. The van der Waals surface area contributed by atoms with Crippen LogP contribution in [0.4, 0.5) is 0 Å². The minimum absolute atomic E-state index is 0.167. The van der Waals surface area contributed by atoms with Crippen LogP contribution in [0.5, 0.6) is 0 Å². The maximum Gasteiger partial charge on any atom is 0.261 e. The van der Waals surface area contributed by atoms with Crippen LogP contribution in [0.15, 0.2) is 66.0 Å². The monoisotopic (exact) mass is 377 g/mol. The van der Waals surface area contributed by atoms with E-state index in [2.05, 4.69) is 54.0 Å².